The molecule has 3 aromatic rings. The Morgan fingerprint density at radius 1 is 1.25 bits per heavy atom. The van der Waals surface area contributed by atoms with Gasteiger partial charge in [-0.25, -0.2) is 19.7 Å². The number of nitrogens with one attached hydrogen (secondary N) is 1. The number of nitrogens with zero attached hydrogens (tertiary/aromatic N) is 4. The number of nitrogen functional groups attached to an aromatic ring is 1. The van der Waals surface area contributed by atoms with Crippen molar-refractivity contribution in [2.45, 2.75) is 24.5 Å². The molecule has 32 heavy (non-hydrogen) atoms. The highest BCUT2D eigenvalue weighted by atomic mass is 32.2. The summed E-state index contributed by atoms with van der Waals surface area (Å²) in [7, 11) is -4.65. The van der Waals surface area contributed by atoms with Crippen molar-refractivity contribution in [3.63, 3.8) is 0 Å². The molecule has 0 unspecified atom stereocenters. The minimum atomic E-state index is -4.65. The predicted octanol–water partition coefficient (Wildman–Crippen LogP) is -2.21. The van der Waals surface area contributed by atoms with Crippen molar-refractivity contribution in [3.8, 4) is 5.75 Å². The molecule has 1 aromatic carbocycles. The normalized spacial score (nSPS) is 23.4. The number of imidazole rings is 1. The van der Waals surface area contributed by atoms with Crippen molar-refractivity contribution in [3.05, 3.63) is 42.5 Å². The van der Waals surface area contributed by atoms with E-state index in [-0.39, 0.29) is 22.5 Å². The molecule has 4 rings (SSSR count). The average Bonchev–Trinajstić information content (AvgIpc) is 3.29. The van der Waals surface area contributed by atoms with Crippen molar-refractivity contribution < 1.29 is 37.5 Å². The number of fused-ring (bicyclic) bond motifs is 1. The van der Waals surface area contributed by atoms with E-state index in [1.807, 2.05) is 0 Å². The molecule has 0 saturated carbocycles. The molecule has 1 amide bonds. The molecule has 1 aliphatic rings. The second-order valence-corrected chi connectivity index (χ2v) is 8.14. The van der Waals surface area contributed by atoms with Gasteiger partial charge in [-0.2, -0.15) is 8.42 Å². The van der Waals surface area contributed by atoms with E-state index in [1.165, 1.54) is 29.4 Å². The molecule has 3 heterocycles. The number of aliphatic hydroxyl groups excluding tert-OH is 2. The largest absolute Gasteiger partial charge is 0.872 e. The van der Waals surface area contributed by atoms with Crippen molar-refractivity contribution in [2.24, 2.45) is 0 Å². The summed E-state index contributed by atoms with van der Waals surface area (Å²) in [5.74, 6) is -1.75. The van der Waals surface area contributed by atoms with E-state index in [0.717, 1.165) is 12.1 Å². The maximum absolute atomic E-state index is 12.1. The number of aliphatic hydroxyl groups is 2. The summed E-state index contributed by atoms with van der Waals surface area (Å²) in [5.41, 5.74) is 5.81. The second-order valence-electron chi connectivity index (χ2n) is 6.80. The van der Waals surface area contributed by atoms with Gasteiger partial charge in [0, 0.05) is 5.56 Å². The highest BCUT2D eigenvalue weighted by Crippen LogP contribution is 2.32. The Labute approximate surface area is 180 Å². The van der Waals surface area contributed by atoms with Gasteiger partial charge < -0.3 is 25.8 Å². The smallest absolute Gasteiger partial charge is 0.362 e. The summed E-state index contributed by atoms with van der Waals surface area (Å²) >= 11 is 0. The maximum atomic E-state index is 12.1. The number of benzene rings is 1. The number of carbonyl (C=O) groups is 1. The number of carbonyl (C=O) groups excluding carboxylic acids is 1. The van der Waals surface area contributed by atoms with Crippen LogP contribution in [0.2, 0.25) is 0 Å². The Bertz CT molecular complexity index is 1260. The lowest BCUT2D eigenvalue weighted by Gasteiger charge is -2.16. The molecule has 0 spiro atoms. The number of amides is 1. The van der Waals surface area contributed by atoms with Gasteiger partial charge in [-0.15, -0.1) is 0 Å². The molecule has 2 aromatic heterocycles. The molecule has 4 atom stereocenters. The van der Waals surface area contributed by atoms with Gasteiger partial charge in [0.2, 0.25) is 0 Å². The molecule has 15 heteroatoms. The third-order valence-electron chi connectivity index (χ3n) is 4.74. The average molecular weight is 465 g/mol. The van der Waals surface area contributed by atoms with E-state index in [4.69, 9.17) is 14.7 Å². The van der Waals surface area contributed by atoms with Gasteiger partial charge in [-0.3, -0.25) is 13.5 Å². The highest BCUT2D eigenvalue weighted by Gasteiger charge is 2.45. The summed E-state index contributed by atoms with van der Waals surface area (Å²) in [6.07, 6.45) is -3.03. The van der Waals surface area contributed by atoms with Gasteiger partial charge in [0.05, 0.1) is 12.9 Å². The van der Waals surface area contributed by atoms with Crippen LogP contribution in [0.15, 0.2) is 36.9 Å². The summed E-state index contributed by atoms with van der Waals surface area (Å²) in [6.45, 7) is -0.736. The molecule has 170 valence electrons. The van der Waals surface area contributed by atoms with E-state index in [9.17, 15) is 28.5 Å². The zero-order chi connectivity index (χ0) is 23.0. The van der Waals surface area contributed by atoms with Gasteiger partial charge in [-0.05, 0) is 0 Å². The molecule has 14 nitrogen and oxygen atoms in total. The summed E-state index contributed by atoms with van der Waals surface area (Å²) < 4.78 is 37.3. The van der Waals surface area contributed by atoms with E-state index < -0.39 is 53.1 Å². The number of nitrogens with two attached hydrogens (primary N) is 1. The van der Waals surface area contributed by atoms with Crippen LogP contribution in [0.4, 0.5) is 5.82 Å². The van der Waals surface area contributed by atoms with Crippen LogP contribution in [0.5, 0.6) is 5.75 Å². The number of hydrogen-bond acceptors (Lipinski definition) is 12. The van der Waals surface area contributed by atoms with Crippen LogP contribution < -0.4 is 15.6 Å². The van der Waals surface area contributed by atoms with Gasteiger partial charge in [0.15, 0.2) is 17.7 Å². The third kappa shape index (κ3) is 4.06. The van der Waals surface area contributed by atoms with Crippen LogP contribution in [-0.2, 0) is 19.2 Å². The third-order valence-corrected chi connectivity index (χ3v) is 5.62. The molecular formula is C17H17N6O8S-. The van der Waals surface area contributed by atoms with E-state index in [2.05, 4.69) is 15.0 Å². The fraction of sp³-hybridized carbons (Fsp3) is 0.294. The van der Waals surface area contributed by atoms with Gasteiger partial charge in [0.1, 0.15) is 30.2 Å². The molecule has 0 bridgehead atoms. The van der Waals surface area contributed by atoms with Crippen molar-refractivity contribution in [1.82, 2.24) is 24.2 Å². The lowest BCUT2D eigenvalue weighted by molar-refractivity contribution is -0.268. The quantitative estimate of drug-likeness (QED) is 0.305. The lowest BCUT2D eigenvalue weighted by atomic mass is 10.1. The van der Waals surface area contributed by atoms with Gasteiger partial charge in [0.25, 0.3) is 5.91 Å². The maximum Gasteiger partial charge on any atom is 0.362 e. The fourth-order valence-electron chi connectivity index (χ4n) is 3.16. The summed E-state index contributed by atoms with van der Waals surface area (Å²) in [4.78, 5) is 23.9. The predicted molar refractivity (Wildman–Crippen MR) is 104 cm³/mol. The fourth-order valence-corrected chi connectivity index (χ4v) is 3.87. The van der Waals surface area contributed by atoms with Crippen LogP contribution in [0.1, 0.15) is 16.6 Å². The lowest BCUT2D eigenvalue weighted by Crippen LogP contribution is -2.38. The van der Waals surface area contributed by atoms with Crippen molar-refractivity contribution in [2.75, 3.05) is 12.3 Å². The van der Waals surface area contributed by atoms with Crippen molar-refractivity contribution in [1.29, 1.82) is 0 Å². The molecule has 1 fully saturated rings. The molecule has 0 radical (unpaired) electrons. The standard InChI is InChI=1S/C17H18N6O8S/c18-14-11-15(20-6-19-14)23(7-21-11)17-13(26)12(25)10(31-17)5-30-32(28,29)22-16(27)8-3-1-2-4-9(8)24/h1-4,6-7,10,12-13,17,24-26H,5H2,(H,22,27)(H2,18,19,20)/p-1/t10-,12-,13-,17-/m1/s1. The molecule has 0 aliphatic carbocycles. The number of aromatic nitrogens is 4. The first-order chi connectivity index (χ1) is 15.2. The van der Waals surface area contributed by atoms with Gasteiger partial charge in [-0.1, -0.05) is 30.0 Å². The van der Waals surface area contributed by atoms with Crippen LogP contribution in [0.25, 0.3) is 11.2 Å². The first-order valence-corrected chi connectivity index (χ1v) is 10.5. The van der Waals surface area contributed by atoms with Crippen LogP contribution >= 0.6 is 0 Å². The first kappa shape index (κ1) is 21.8. The molecule has 5 N–H and O–H groups in total. The van der Waals surface area contributed by atoms with E-state index >= 15 is 0 Å². The number of hydrogen-bond donors (Lipinski definition) is 4. The Balaban J connectivity index is 1.44. The topological polar surface area (TPSA) is 215 Å². The summed E-state index contributed by atoms with van der Waals surface area (Å²) in [5, 5.41) is 32.3. The zero-order valence-electron chi connectivity index (χ0n) is 16.1. The van der Waals surface area contributed by atoms with E-state index in [0.29, 0.717) is 0 Å². The highest BCUT2D eigenvalue weighted by molar-refractivity contribution is 7.85. The monoisotopic (exact) mass is 465 g/mol. The first-order valence-electron chi connectivity index (χ1n) is 9.10. The second kappa shape index (κ2) is 8.29. The van der Waals surface area contributed by atoms with E-state index in [1.54, 1.807) is 4.72 Å². The molecular weight excluding hydrogens is 448 g/mol. The van der Waals surface area contributed by atoms with Crippen LogP contribution in [-0.4, -0.2) is 69.0 Å². The van der Waals surface area contributed by atoms with Crippen LogP contribution in [0, 0.1) is 0 Å². The number of anilines is 1. The summed E-state index contributed by atoms with van der Waals surface area (Å²) in [6, 6.07) is 5.05. The molecule has 1 aliphatic heterocycles. The van der Waals surface area contributed by atoms with Crippen LogP contribution in [0.3, 0.4) is 0 Å². The number of para-hydroxylation sites is 1. The number of rotatable bonds is 6. The van der Waals surface area contributed by atoms with Gasteiger partial charge >= 0.3 is 10.3 Å². The Morgan fingerprint density at radius 2 is 2.00 bits per heavy atom. The Morgan fingerprint density at radius 3 is 2.75 bits per heavy atom. The SMILES string of the molecule is Nc1ncnc2c1ncn2[C@@H]1O[C@H](COS(=O)(=O)NC(=O)c2ccccc2[O-])[C@@H](O)[C@H]1O. The Hall–Kier alpha value is -3.37. The van der Waals surface area contributed by atoms with Crippen molar-refractivity contribution >= 4 is 33.2 Å². The zero-order valence-corrected chi connectivity index (χ0v) is 16.9. The minimum Gasteiger partial charge on any atom is -0.872 e. The Kier molecular flexibility index (Phi) is 5.66. The minimum absolute atomic E-state index is 0.100. The number of ether oxygens (including phenoxy) is 1. The molecule has 1 saturated heterocycles.